The van der Waals surface area contributed by atoms with Gasteiger partial charge in [0.2, 0.25) is 5.91 Å². The first kappa shape index (κ1) is 11.3. The first-order valence-electron chi connectivity index (χ1n) is 4.53. The minimum atomic E-state index is -4.31. The van der Waals surface area contributed by atoms with Gasteiger partial charge in [-0.2, -0.15) is 13.2 Å². The molecule has 1 atom stereocenters. The molecule has 6 heteroatoms. The molecule has 0 aromatic heterocycles. The predicted molar refractivity (Wildman–Crippen MR) is 44.5 cm³/mol. The summed E-state index contributed by atoms with van der Waals surface area (Å²) in [6.07, 6.45) is -2.94. The van der Waals surface area contributed by atoms with Crippen molar-refractivity contribution in [3.8, 4) is 0 Å². The van der Waals surface area contributed by atoms with Gasteiger partial charge in [-0.25, -0.2) is 0 Å². The summed E-state index contributed by atoms with van der Waals surface area (Å²) in [5.74, 6) is -0.441. The summed E-state index contributed by atoms with van der Waals surface area (Å²) in [5.41, 5.74) is 0. The third-order valence-electron chi connectivity index (χ3n) is 2.09. The van der Waals surface area contributed by atoms with Crippen LogP contribution in [0.25, 0.3) is 0 Å². The van der Waals surface area contributed by atoms with Gasteiger partial charge in [-0.15, -0.1) is 0 Å². The standard InChI is InChI=1S/C8H13F3N2O/c1-2-3-6-7(14)13(5-12-6)4-8(9,10)11/h6,12H,2-5H2,1H3. The van der Waals surface area contributed by atoms with Crippen molar-refractivity contribution >= 4 is 5.91 Å². The Morgan fingerprint density at radius 1 is 1.57 bits per heavy atom. The van der Waals surface area contributed by atoms with Crippen molar-refractivity contribution in [1.29, 1.82) is 0 Å². The molecule has 0 saturated carbocycles. The Bertz CT molecular complexity index is 217. The minimum absolute atomic E-state index is 0.00299. The molecular weight excluding hydrogens is 197 g/mol. The second kappa shape index (κ2) is 4.16. The van der Waals surface area contributed by atoms with Gasteiger partial charge in [0.1, 0.15) is 6.54 Å². The van der Waals surface area contributed by atoms with Crippen LogP contribution in [-0.4, -0.2) is 36.2 Å². The molecule has 0 aromatic carbocycles. The number of nitrogens with one attached hydrogen (secondary N) is 1. The number of halogens is 3. The van der Waals surface area contributed by atoms with Crippen LogP contribution in [0, 0.1) is 0 Å². The lowest BCUT2D eigenvalue weighted by Gasteiger charge is -2.17. The fourth-order valence-corrected chi connectivity index (χ4v) is 1.47. The molecule has 1 fully saturated rings. The molecule has 0 radical (unpaired) electrons. The largest absolute Gasteiger partial charge is 0.406 e. The maximum atomic E-state index is 12.0. The van der Waals surface area contributed by atoms with Gasteiger partial charge in [-0.1, -0.05) is 13.3 Å². The average Bonchev–Trinajstić information content (AvgIpc) is 2.34. The van der Waals surface area contributed by atoms with Crippen LogP contribution in [0.15, 0.2) is 0 Å². The highest BCUT2D eigenvalue weighted by Gasteiger charge is 2.38. The molecule has 1 saturated heterocycles. The van der Waals surface area contributed by atoms with Crippen LogP contribution in [0.2, 0.25) is 0 Å². The highest BCUT2D eigenvalue weighted by atomic mass is 19.4. The van der Waals surface area contributed by atoms with E-state index < -0.39 is 24.7 Å². The first-order chi connectivity index (χ1) is 6.44. The Morgan fingerprint density at radius 3 is 2.71 bits per heavy atom. The second-order valence-electron chi connectivity index (χ2n) is 3.35. The van der Waals surface area contributed by atoms with E-state index in [1.807, 2.05) is 6.92 Å². The summed E-state index contributed by atoms with van der Waals surface area (Å²) in [5, 5.41) is 2.76. The van der Waals surface area contributed by atoms with Crippen molar-refractivity contribution in [1.82, 2.24) is 10.2 Å². The van der Waals surface area contributed by atoms with Crippen LogP contribution >= 0.6 is 0 Å². The Morgan fingerprint density at radius 2 is 2.21 bits per heavy atom. The molecule has 3 nitrogen and oxygen atoms in total. The Hall–Kier alpha value is -0.780. The van der Waals surface area contributed by atoms with Crippen molar-refractivity contribution in [2.45, 2.75) is 32.0 Å². The number of rotatable bonds is 3. The van der Waals surface area contributed by atoms with Crippen LogP contribution in [-0.2, 0) is 4.79 Å². The molecule has 1 N–H and O–H groups in total. The maximum Gasteiger partial charge on any atom is 0.406 e. The zero-order valence-corrected chi connectivity index (χ0v) is 7.90. The average molecular weight is 210 g/mol. The van der Waals surface area contributed by atoms with E-state index in [4.69, 9.17) is 0 Å². The van der Waals surface area contributed by atoms with Crippen LogP contribution in [0.4, 0.5) is 13.2 Å². The van der Waals surface area contributed by atoms with E-state index in [0.29, 0.717) is 6.42 Å². The van der Waals surface area contributed by atoms with E-state index >= 15 is 0 Å². The number of alkyl halides is 3. The van der Waals surface area contributed by atoms with Crippen molar-refractivity contribution in [2.75, 3.05) is 13.2 Å². The lowest BCUT2D eigenvalue weighted by Crippen LogP contribution is -2.37. The monoisotopic (exact) mass is 210 g/mol. The Labute approximate surface area is 80.3 Å². The number of carbonyl (C=O) groups is 1. The van der Waals surface area contributed by atoms with Gasteiger partial charge in [-0.05, 0) is 6.42 Å². The molecule has 0 spiro atoms. The van der Waals surface area contributed by atoms with Gasteiger partial charge in [-0.3, -0.25) is 10.1 Å². The quantitative estimate of drug-likeness (QED) is 0.756. The smallest absolute Gasteiger partial charge is 0.319 e. The van der Waals surface area contributed by atoms with Gasteiger partial charge in [0, 0.05) is 0 Å². The van der Waals surface area contributed by atoms with E-state index in [-0.39, 0.29) is 6.67 Å². The van der Waals surface area contributed by atoms with Gasteiger partial charge in [0.25, 0.3) is 0 Å². The highest BCUT2D eigenvalue weighted by molar-refractivity contribution is 5.83. The normalized spacial score (nSPS) is 23.3. The number of nitrogens with zero attached hydrogens (tertiary/aromatic N) is 1. The van der Waals surface area contributed by atoms with E-state index in [0.717, 1.165) is 11.3 Å². The van der Waals surface area contributed by atoms with Crippen molar-refractivity contribution in [3.05, 3.63) is 0 Å². The van der Waals surface area contributed by atoms with Crippen molar-refractivity contribution < 1.29 is 18.0 Å². The highest BCUT2D eigenvalue weighted by Crippen LogP contribution is 2.19. The first-order valence-corrected chi connectivity index (χ1v) is 4.53. The third kappa shape index (κ3) is 2.87. The van der Waals surface area contributed by atoms with Crippen LogP contribution in [0.5, 0.6) is 0 Å². The fraction of sp³-hybridized carbons (Fsp3) is 0.875. The van der Waals surface area contributed by atoms with Crippen LogP contribution in [0.1, 0.15) is 19.8 Å². The molecule has 1 aliphatic heterocycles. The molecule has 1 rings (SSSR count). The summed E-state index contributed by atoms with van der Waals surface area (Å²) in [7, 11) is 0. The molecule has 0 aromatic rings. The molecular formula is C8H13F3N2O. The van der Waals surface area contributed by atoms with Crippen molar-refractivity contribution in [3.63, 3.8) is 0 Å². The van der Waals surface area contributed by atoms with E-state index in [2.05, 4.69) is 5.32 Å². The molecule has 1 aliphatic rings. The van der Waals surface area contributed by atoms with Crippen molar-refractivity contribution in [2.24, 2.45) is 0 Å². The number of hydrogen-bond donors (Lipinski definition) is 1. The molecule has 1 amide bonds. The molecule has 0 aliphatic carbocycles. The summed E-state index contributed by atoms with van der Waals surface area (Å²) >= 11 is 0. The predicted octanol–water partition coefficient (Wildman–Crippen LogP) is 1.11. The van der Waals surface area contributed by atoms with Gasteiger partial charge in [0.05, 0.1) is 12.7 Å². The third-order valence-corrected chi connectivity index (χ3v) is 2.09. The number of hydrogen-bond acceptors (Lipinski definition) is 2. The lowest BCUT2D eigenvalue weighted by molar-refractivity contribution is -0.157. The molecule has 82 valence electrons. The number of carbonyl (C=O) groups excluding carboxylic acids is 1. The molecule has 1 heterocycles. The maximum absolute atomic E-state index is 12.0. The lowest BCUT2D eigenvalue weighted by atomic mass is 10.2. The molecule has 14 heavy (non-hydrogen) atoms. The van der Waals surface area contributed by atoms with Gasteiger partial charge < -0.3 is 4.90 Å². The summed E-state index contributed by atoms with van der Waals surface area (Å²) < 4.78 is 35.9. The van der Waals surface area contributed by atoms with Crippen LogP contribution < -0.4 is 5.32 Å². The summed E-state index contributed by atoms with van der Waals surface area (Å²) in [6, 6.07) is -0.428. The van der Waals surface area contributed by atoms with E-state index in [1.165, 1.54) is 0 Å². The zero-order valence-electron chi connectivity index (χ0n) is 7.90. The fourth-order valence-electron chi connectivity index (χ4n) is 1.47. The summed E-state index contributed by atoms with van der Waals surface area (Å²) in [6.45, 7) is 0.740. The Kier molecular flexibility index (Phi) is 3.36. The SMILES string of the molecule is CCCC1NCN(CC(F)(F)F)C1=O. The topological polar surface area (TPSA) is 32.3 Å². The zero-order chi connectivity index (χ0) is 10.8. The van der Waals surface area contributed by atoms with E-state index in [1.54, 1.807) is 0 Å². The Balaban J connectivity index is 2.47. The van der Waals surface area contributed by atoms with Crippen LogP contribution in [0.3, 0.4) is 0 Å². The van der Waals surface area contributed by atoms with E-state index in [9.17, 15) is 18.0 Å². The number of amides is 1. The summed E-state index contributed by atoms with van der Waals surface area (Å²) in [4.78, 5) is 12.1. The van der Waals surface area contributed by atoms with Gasteiger partial charge in [0.15, 0.2) is 0 Å². The minimum Gasteiger partial charge on any atom is -0.319 e. The van der Waals surface area contributed by atoms with Gasteiger partial charge >= 0.3 is 6.18 Å². The second-order valence-corrected chi connectivity index (χ2v) is 3.35. The molecule has 0 bridgehead atoms. The molecule has 1 unspecified atom stereocenters.